The minimum atomic E-state index is 0.0594. The molecule has 0 saturated heterocycles. The summed E-state index contributed by atoms with van der Waals surface area (Å²) in [5.41, 5.74) is 0. The Bertz CT molecular complexity index is 217. The Hall–Kier alpha value is -0.710. The zero-order chi connectivity index (χ0) is 9.68. The Morgan fingerprint density at radius 2 is 2.54 bits per heavy atom. The maximum Gasteiger partial charge on any atom is 0.221 e. The smallest absolute Gasteiger partial charge is 0.221 e. The van der Waals surface area contributed by atoms with Crippen molar-refractivity contribution < 1.29 is 4.79 Å². The fourth-order valence-electron chi connectivity index (χ4n) is 0.982. The van der Waals surface area contributed by atoms with E-state index in [1.165, 1.54) is 0 Å². The molecule has 1 amide bonds. The normalized spacial score (nSPS) is 21.1. The van der Waals surface area contributed by atoms with Gasteiger partial charge in [0.05, 0.1) is 6.54 Å². The van der Waals surface area contributed by atoms with Crippen molar-refractivity contribution in [2.45, 2.75) is 18.6 Å². The molecule has 74 valence electrons. The highest BCUT2D eigenvalue weighted by molar-refractivity contribution is 8.14. The van der Waals surface area contributed by atoms with E-state index >= 15 is 0 Å². The van der Waals surface area contributed by atoms with Gasteiger partial charge in [0.1, 0.15) is 0 Å². The van der Waals surface area contributed by atoms with Gasteiger partial charge >= 0.3 is 0 Å². The SMILES string of the molecule is CNC(=O)CCNC1=NCC(C)S1. The molecule has 0 spiro atoms. The third-order valence-electron chi connectivity index (χ3n) is 1.71. The lowest BCUT2D eigenvalue weighted by Gasteiger charge is -2.04. The van der Waals surface area contributed by atoms with E-state index in [4.69, 9.17) is 0 Å². The van der Waals surface area contributed by atoms with Gasteiger partial charge in [-0.3, -0.25) is 9.79 Å². The lowest BCUT2D eigenvalue weighted by atomic mass is 10.4. The molecule has 0 aromatic rings. The maximum absolute atomic E-state index is 10.9. The number of amidine groups is 1. The molecule has 0 aliphatic carbocycles. The molecular weight excluding hydrogens is 186 g/mol. The summed E-state index contributed by atoms with van der Waals surface area (Å²) in [6.45, 7) is 3.69. The first-order valence-electron chi connectivity index (χ1n) is 4.38. The van der Waals surface area contributed by atoms with Gasteiger partial charge in [-0.1, -0.05) is 18.7 Å². The van der Waals surface area contributed by atoms with E-state index in [1.807, 2.05) is 0 Å². The van der Waals surface area contributed by atoms with E-state index in [-0.39, 0.29) is 5.91 Å². The molecule has 0 aromatic heterocycles. The van der Waals surface area contributed by atoms with E-state index in [2.05, 4.69) is 22.5 Å². The van der Waals surface area contributed by atoms with Crippen LogP contribution in [-0.4, -0.2) is 36.5 Å². The second kappa shape index (κ2) is 5.11. The highest BCUT2D eigenvalue weighted by Crippen LogP contribution is 2.18. The summed E-state index contributed by atoms with van der Waals surface area (Å²) in [7, 11) is 1.65. The summed E-state index contributed by atoms with van der Waals surface area (Å²) < 4.78 is 0. The van der Waals surface area contributed by atoms with Crippen LogP contribution in [0, 0.1) is 0 Å². The van der Waals surface area contributed by atoms with Crippen molar-refractivity contribution in [2.75, 3.05) is 20.1 Å². The van der Waals surface area contributed by atoms with E-state index in [0.29, 0.717) is 18.2 Å². The van der Waals surface area contributed by atoms with E-state index in [1.54, 1.807) is 18.8 Å². The first-order valence-corrected chi connectivity index (χ1v) is 5.26. The third kappa shape index (κ3) is 3.67. The molecule has 2 N–H and O–H groups in total. The lowest BCUT2D eigenvalue weighted by molar-refractivity contribution is -0.120. The predicted molar refractivity (Wildman–Crippen MR) is 56.0 cm³/mol. The molecule has 0 saturated carbocycles. The van der Waals surface area contributed by atoms with Crippen molar-refractivity contribution in [1.82, 2.24) is 10.6 Å². The summed E-state index contributed by atoms with van der Waals surface area (Å²) in [6.07, 6.45) is 0.504. The lowest BCUT2D eigenvalue weighted by Crippen LogP contribution is -2.27. The summed E-state index contributed by atoms with van der Waals surface area (Å²) in [5.74, 6) is 0.0594. The average molecular weight is 201 g/mol. The van der Waals surface area contributed by atoms with Gasteiger partial charge in [0, 0.05) is 25.3 Å². The molecule has 0 aromatic carbocycles. The van der Waals surface area contributed by atoms with Gasteiger partial charge in [-0.05, 0) is 0 Å². The predicted octanol–water partition coefficient (Wildman–Crippen LogP) is 0.203. The summed E-state index contributed by atoms with van der Waals surface area (Å²) >= 11 is 1.73. The van der Waals surface area contributed by atoms with Crippen LogP contribution in [0.4, 0.5) is 0 Å². The second-order valence-corrected chi connectivity index (χ2v) is 4.35. The van der Waals surface area contributed by atoms with Crippen LogP contribution in [0.2, 0.25) is 0 Å². The van der Waals surface area contributed by atoms with E-state index in [9.17, 15) is 4.79 Å². The van der Waals surface area contributed by atoms with Crippen LogP contribution in [0.5, 0.6) is 0 Å². The molecule has 1 heterocycles. The molecule has 1 aliphatic rings. The van der Waals surface area contributed by atoms with Crippen molar-refractivity contribution in [3.63, 3.8) is 0 Å². The summed E-state index contributed by atoms with van der Waals surface area (Å²) in [5, 5.41) is 7.24. The van der Waals surface area contributed by atoms with Crippen LogP contribution in [0.1, 0.15) is 13.3 Å². The van der Waals surface area contributed by atoms with Gasteiger partial charge < -0.3 is 10.6 Å². The van der Waals surface area contributed by atoms with Crippen LogP contribution in [0.15, 0.2) is 4.99 Å². The molecule has 4 nitrogen and oxygen atoms in total. The molecule has 1 atom stereocenters. The molecule has 5 heteroatoms. The van der Waals surface area contributed by atoms with Crippen molar-refractivity contribution in [2.24, 2.45) is 4.99 Å². The fourth-order valence-corrected chi connectivity index (χ4v) is 1.85. The average Bonchev–Trinajstić information content (AvgIpc) is 2.51. The quantitative estimate of drug-likeness (QED) is 0.686. The number of rotatable bonds is 3. The minimum absolute atomic E-state index is 0.0594. The molecule has 0 fully saturated rings. The van der Waals surface area contributed by atoms with E-state index < -0.39 is 0 Å². The summed E-state index contributed by atoms with van der Waals surface area (Å²) in [4.78, 5) is 15.1. The Morgan fingerprint density at radius 1 is 1.77 bits per heavy atom. The molecule has 1 aliphatic heterocycles. The summed E-state index contributed by atoms with van der Waals surface area (Å²) in [6, 6.07) is 0. The molecule has 13 heavy (non-hydrogen) atoms. The van der Waals surface area contributed by atoms with Gasteiger partial charge in [0.25, 0.3) is 0 Å². The van der Waals surface area contributed by atoms with Crippen molar-refractivity contribution in [1.29, 1.82) is 0 Å². The van der Waals surface area contributed by atoms with Crippen LogP contribution in [-0.2, 0) is 4.79 Å². The van der Waals surface area contributed by atoms with Crippen LogP contribution < -0.4 is 10.6 Å². The van der Waals surface area contributed by atoms with Crippen molar-refractivity contribution in [3.05, 3.63) is 0 Å². The number of thioether (sulfide) groups is 1. The number of amides is 1. The van der Waals surface area contributed by atoms with Crippen LogP contribution in [0.3, 0.4) is 0 Å². The van der Waals surface area contributed by atoms with Crippen molar-refractivity contribution in [3.8, 4) is 0 Å². The number of carbonyl (C=O) groups is 1. The van der Waals surface area contributed by atoms with Crippen LogP contribution in [0.25, 0.3) is 0 Å². The molecule has 1 rings (SSSR count). The Morgan fingerprint density at radius 3 is 3.08 bits per heavy atom. The Labute approximate surface area is 82.6 Å². The fraction of sp³-hybridized carbons (Fsp3) is 0.750. The second-order valence-electron chi connectivity index (χ2n) is 2.92. The van der Waals surface area contributed by atoms with Gasteiger partial charge in [-0.15, -0.1) is 0 Å². The highest BCUT2D eigenvalue weighted by Gasteiger charge is 2.13. The number of carbonyl (C=O) groups excluding carboxylic acids is 1. The molecule has 0 radical (unpaired) electrons. The van der Waals surface area contributed by atoms with Gasteiger partial charge in [-0.25, -0.2) is 0 Å². The standard InChI is InChI=1S/C8H15N3OS/c1-6-5-11-8(13-6)10-4-3-7(12)9-2/h6H,3-5H2,1-2H3,(H,9,12)(H,10,11). The number of nitrogens with zero attached hydrogens (tertiary/aromatic N) is 1. The zero-order valence-corrected chi connectivity index (χ0v) is 8.78. The topological polar surface area (TPSA) is 53.5 Å². The Kier molecular flexibility index (Phi) is 4.08. The molecule has 1 unspecified atom stereocenters. The highest BCUT2D eigenvalue weighted by atomic mass is 32.2. The Balaban J connectivity index is 2.10. The van der Waals surface area contributed by atoms with Gasteiger partial charge in [0.2, 0.25) is 5.91 Å². The zero-order valence-electron chi connectivity index (χ0n) is 7.96. The van der Waals surface area contributed by atoms with Gasteiger partial charge in [-0.2, -0.15) is 0 Å². The first-order chi connectivity index (χ1) is 6.22. The first kappa shape index (κ1) is 10.4. The maximum atomic E-state index is 10.9. The van der Waals surface area contributed by atoms with Crippen LogP contribution >= 0.6 is 11.8 Å². The minimum Gasteiger partial charge on any atom is -0.364 e. The van der Waals surface area contributed by atoms with E-state index in [0.717, 1.165) is 11.7 Å². The number of hydrogen-bond acceptors (Lipinski definition) is 4. The number of hydrogen-bond donors (Lipinski definition) is 2. The monoisotopic (exact) mass is 201 g/mol. The third-order valence-corrected chi connectivity index (χ3v) is 2.76. The number of nitrogens with one attached hydrogen (secondary N) is 2. The van der Waals surface area contributed by atoms with Crippen molar-refractivity contribution >= 4 is 22.8 Å². The molecule has 0 bridgehead atoms. The largest absolute Gasteiger partial charge is 0.364 e. The molecular formula is C8H15N3OS. The number of aliphatic imine (C=N–C) groups is 1. The van der Waals surface area contributed by atoms with Gasteiger partial charge in [0.15, 0.2) is 5.17 Å².